The Morgan fingerprint density at radius 3 is 2.72 bits per heavy atom. The van der Waals surface area contributed by atoms with Crippen molar-refractivity contribution in [3.05, 3.63) is 41.7 Å². The number of aliphatic hydroxyl groups is 1. The van der Waals surface area contributed by atoms with Crippen LogP contribution in [-0.2, 0) is 14.4 Å². The molecular weight excluding hydrogens is 460 g/mol. The largest absolute Gasteiger partial charge is 0.391 e. The third kappa shape index (κ3) is 4.86. The van der Waals surface area contributed by atoms with Gasteiger partial charge in [0.25, 0.3) is 0 Å². The molecule has 0 spiro atoms. The maximum atomic E-state index is 13.9. The number of hydrogen-bond donors (Lipinski definition) is 3. The molecule has 0 radical (unpaired) electrons. The number of hydrogen-bond acceptors (Lipinski definition) is 6. The van der Waals surface area contributed by atoms with Crippen LogP contribution in [0.5, 0.6) is 0 Å². The molecule has 36 heavy (non-hydrogen) atoms. The molecule has 1 saturated heterocycles. The lowest BCUT2D eigenvalue weighted by molar-refractivity contribution is -0.144. The Balaban J connectivity index is 1.32. The number of carbonyl (C=O) groups excluding carboxylic acids is 3. The van der Waals surface area contributed by atoms with Crippen LogP contribution in [0.1, 0.15) is 75.6 Å². The lowest BCUT2D eigenvalue weighted by Crippen LogP contribution is -2.51. The maximum Gasteiger partial charge on any atom is 0.248 e. The predicted molar refractivity (Wildman–Crippen MR) is 132 cm³/mol. The zero-order chi connectivity index (χ0) is 25.6. The molecule has 2 aromatic rings. The molecule has 2 aliphatic heterocycles. The second kappa shape index (κ2) is 9.31. The number of likely N-dealkylation sites (tertiary alicyclic amines) is 1. The minimum absolute atomic E-state index is 0.0857. The van der Waals surface area contributed by atoms with Gasteiger partial charge in [0.1, 0.15) is 12.1 Å². The van der Waals surface area contributed by atoms with E-state index in [4.69, 9.17) is 0 Å². The summed E-state index contributed by atoms with van der Waals surface area (Å²) in [5.41, 5.74) is 2.14. The maximum absolute atomic E-state index is 13.9. The minimum atomic E-state index is -0.795. The number of rotatable bonds is 6. The fourth-order valence-electron chi connectivity index (χ4n) is 5.35. The first-order chi connectivity index (χ1) is 17.1. The van der Waals surface area contributed by atoms with Gasteiger partial charge in [-0.2, -0.15) is 0 Å². The minimum Gasteiger partial charge on any atom is -0.391 e. The van der Waals surface area contributed by atoms with Gasteiger partial charge < -0.3 is 20.6 Å². The summed E-state index contributed by atoms with van der Waals surface area (Å²) in [6.45, 7) is 6.24. The highest BCUT2D eigenvalue weighted by atomic mass is 16.3. The second-order valence-electron chi connectivity index (χ2n) is 11.3. The summed E-state index contributed by atoms with van der Waals surface area (Å²) in [4.78, 5) is 40.8. The molecule has 1 saturated carbocycles. The number of nitrogens with zero attached hydrogens (tertiary/aromatic N) is 4. The number of carbonyl (C=O) groups is 3. The van der Waals surface area contributed by atoms with Crippen LogP contribution in [0.3, 0.4) is 0 Å². The number of amides is 3. The highest BCUT2D eigenvalue weighted by Gasteiger charge is 2.45. The van der Waals surface area contributed by atoms with Crippen LogP contribution in [0.15, 0.2) is 30.5 Å². The van der Waals surface area contributed by atoms with Gasteiger partial charge in [0.2, 0.25) is 17.7 Å². The van der Waals surface area contributed by atoms with E-state index in [1.54, 1.807) is 4.68 Å². The molecule has 1 aromatic carbocycles. The van der Waals surface area contributed by atoms with Gasteiger partial charge in [-0.05, 0) is 29.9 Å². The Morgan fingerprint density at radius 2 is 2.00 bits per heavy atom. The predicted octanol–water partition coefficient (Wildman–Crippen LogP) is 1.95. The smallest absolute Gasteiger partial charge is 0.248 e. The summed E-state index contributed by atoms with van der Waals surface area (Å²) in [6, 6.07) is 6.11. The SMILES string of the molecule is CC(C)(C)[C@@H](C(=O)N1C[C@H](O)C[C@H]1C(=O)NCC1CC(=O)Nc2ccccc21)n1cc(C2CC2)nn1. The molecule has 1 aliphatic carbocycles. The number of para-hydroxylation sites is 1. The van der Waals surface area contributed by atoms with E-state index in [0.717, 1.165) is 29.8 Å². The fraction of sp³-hybridized carbons (Fsp3) is 0.577. The molecule has 5 rings (SSSR count). The molecule has 10 nitrogen and oxygen atoms in total. The topological polar surface area (TPSA) is 129 Å². The van der Waals surface area contributed by atoms with Crippen molar-refractivity contribution in [3.8, 4) is 0 Å². The first kappa shape index (κ1) is 24.4. The van der Waals surface area contributed by atoms with Crippen molar-refractivity contribution >= 4 is 23.4 Å². The molecule has 2 fully saturated rings. The quantitative estimate of drug-likeness (QED) is 0.563. The molecular formula is C26H34N6O4. The van der Waals surface area contributed by atoms with Crippen molar-refractivity contribution in [1.29, 1.82) is 0 Å². The first-order valence-electron chi connectivity index (χ1n) is 12.7. The van der Waals surface area contributed by atoms with E-state index in [9.17, 15) is 19.5 Å². The normalized spacial score (nSPS) is 24.7. The van der Waals surface area contributed by atoms with Crippen LogP contribution in [0, 0.1) is 5.41 Å². The van der Waals surface area contributed by atoms with Gasteiger partial charge >= 0.3 is 0 Å². The van der Waals surface area contributed by atoms with Gasteiger partial charge in [-0.1, -0.05) is 44.2 Å². The third-order valence-corrected chi connectivity index (χ3v) is 7.34. The van der Waals surface area contributed by atoms with Gasteiger partial charge in [-0.3, -0.25) is 14.4 Å². The fourth-order valence-corrected chi connectivity index (χ4v) is 5.35. The average molecular weight is 495 g/mol. The standard InChI is InChI=1S/C26H34N6O4/c1-26(2,3)23(32-14-20(29-30-32)15-8-9-15)25(36)31-13-17(33)11-21(31)24(35)27-12-16-10-22(34)28-19-7-5-4-6-18(16)19/h4-7,14-17,21,23,33H,8-13H2,1-3H3,(H,27,35)(H,28,34)/t16?,17-,21+,23-/m1/s1. The molecule has 10 heteroatoms. The lowest BCUT2D eigenvalue weighted by atomic mass is 9.85. The second-order valence-corrected chi connectivity index (χ2v) is 11.3. The lowest BCUT2D eigenvalue weighted by Gasteiger charge is -2.34. The van der Waals surface area contributed by atoms with Gasteiger partial charge in [0, 0.05) is 49.7 Å². The summed E-state index contributed by atoms with van der Waals surface area (Å²) >= 11 is 0. The summed E-state index contributed by atoms with van der Waals surface area (Å²) in [5, 5.41) is 24.8. The van der Waals surface area contributed by atoms with E-state index < -0.39 is 23.6 Å². The molecule has 3 amide bonds. The highest BCUT2D eigenvalue weighted by molar-refractivity contribution is 5.95. The molecule has 4 atom stereocenters. The van der Waals surface area contributed by atoms with E-state index in [1.165, 1.54) is 4.90 Å². The van der Waals surface area contributed by atoms with E-state index in [0.29, 0.717) is 5.92 Å². The average Bonchev–Trinajstić information content (AvgIpc) is 3.43. The summed E-state index contributed by atoms with van der Waals surface area (Å²) in [7, 11) is 0. The van der Waals surface area contributed by atoms with E-state index in [2.05, 4.69) is 20.9 Å². The Hall–Kier alpha value is -3.27. The van der Waals surface area contributed by atoms with Crippen LogP contribution >= 0.6 is 0 Å². The van der Waals surface area contributed by atoms with Crippen molar-refractivity contribution in [2.45, 2.75) is 76.5 Å². The Labute approximate surface area is 210 Å². The zero-order valence-corrected chi connectivity index (χ0v) is 21.0. The van der Waals surface area contributed by atoms with Crippen LogP contribution in [0.25, 0.3) is 0 Å². The van der Waals surface area contributed by atoms with E-state index in [1.807, 2.05) is 51.2 Å². The Kier molecular flexibility index (Phi) is 6.32. The molecule has 0 bridgehead atoms. The number of aliphatic hydroxyl groups excluding tert-OH is 1. The molecule has 1 aromatic heterocycles. The van der Waals surface area contributed by atoms with Crippen molar-refractivity contribution in [1.82, 2.24) is 25.2 Å². The number of β-amino-alcohol motifs (C(OH)–C–C–N with tert-alkyl or cyclic N) is 1. The van der Waals surface area contributed by atoms with Gasteiger partial charge in [-0.25, -0.2) is 4.68 Å². The highest BCUT2D eigenvalue weighted by Crippen LogP contribution is 2.40. The summed E-state index contributed by atoms with van der Waals surface area (Å²) in [6.07, 6.45) is 3.67. The number of benzene rings is 1. The van der Waals surface area contributed by atoms with Crippen molar-refractivity contribution in [2.75, 3.05) is 18.4 Å². The molecule has 3 aliphatic rings. The summed E-state index contributed by atoms with van der Waals surface area (Å²) in [5.74, 6) is -0.420. The number of anilines is 1. The van der Waals surface area contributed by atoms with Crippen LogP contribution in [0.4, 0.5) is 5.69 Å². The summed E-state index contributed by atoms with van der Waals surface area (Å²) < 4.78 is 1.62. The number of nitrogens with one attached hydrogen (secondary N) is 2. The van der Waals surface area contributed by atoms with Crippen LogP contribution in [0.2, 0.25) is 0 Å². The van der Waals surface area contributed by atoms with Crippen LogP contribution in [-0.4, -0.2) is 68.0 Å². The molecule has 192 valence electrons. The third-order valence-electron chi connectivity index (χ3n) is 7.34. The number of aromatic nitrogens is 3. The van der Waals surface area contributed by atoms with Gasteiger partial charge in [0.05, 0.1) is 11.8 Å². The van der Waals surface area contributed by atoms with Gasteiger partial charge in [0.15, 0.2) is 0 Å². The monoisotopic (exact) mass is 494 g/mol. The number of fused-ring (bicyclic) bond motifs is 1. The molecule has 1 unspecified atom stereocenters. The van der Waals surface area contributed by atoms with Gasteiger partial charge in [-0.15, -0.1) is 5.10 Å². The Bertz CT molecular complexity index is 1170. The van der Waals surface area contributed by atoms with Crippen molar-refractivity contribution in [2.24, 2.45) is 5.41 Å². The van der Waals surface area contributed by atoms with E-state index in [-0.39, 0.29) is 49.6 Å². The zero-order valence-electron chi connectivity index (χ0n) is 21.0. The Morgan fingerprint density at radius 1 is 1.25 bits per heavy atom. The van der Waals surface area contributed by atoms with E-state index >= 15 is 0 Å². The van der Waals surface area contributed by atoms with Crippen molar-refractivity contribution in [3.63, 3.8) is 0 Å². The first-order valence-corrected chi connectivity index (χ1v) is 12.7. The van der Waals surface area contributed by atoms with Crippen LogP contribution < -0.4 is 10.6 Å². The molecule has 3 heterocycles. The van der Waals surface area contributed by atoms with Crippen molar-refractivity contribution < 1.29 is 19.5 Å². The molecule has 3 N–H and O–H groups in total.